The van der Waals surface area contributed by atoms with E-state index in [2.05, 4.69) is 27.1 Å². The molecule has 0 aliphatic rings. The number of hydrogen-bond acceptors (Lipinski definition) is 5. The molecule has 5 heteroatoms. The summed E-state index contributed by atoms with van der Waals surface area (Å²) >= 11 is 0. The molecule has 0 N–H and O–H groups in total. The van der Waals surface area contributed by atoms with E-state index in [1.54, 1.807) is 12.4 Å². The van der Waals surface area contributed by atoms with Crippen molar-refractivity contribution in [2.75, 3.05) is 6.61 Å². The fourth-order valence-corrected chi connectivity index (χ4v) is 1.40. The highest BCUT2D eigenvalue weighted by Crippen LogP contribution is 2.20. The minimum atomic E-state index is 0.630. The lowest BCUT2D eigenvalue weighted by molar-refractivity contribution is 0.309. The average Bonchev–Trinajstić information content (AvgIpc) is 2.48. The fraction of sp³-hybridized carbons (Fsp3) is 0.286. The monoisotopic (exact) mass is 256 g/mol. The minimum Gasteiger partial charge on any atom is -0.494 e. The van der Waals surface area contributed by atoms with Crippen molar-refractivity contribution in [2.45, 2.75) is 19.8 Å². The minimum absolute atomic E-state index is 0.630. The summed E-state index contributed by atoms with van der Waals surface area (Å²) in [6, 6.07) is 7.53. The van der Waals surface area contributed by atoms with Crippen LogP contribution in [0.2, 0.25) is 0 Å². The van der Waals surface area contributed by atoms with Crippen LogP contribution in [0.15, 0.2) is 53.2 Å². The zero-order valence-electron chi connectivity index (χ0n) is 10.9. The molecule has 0 amide bonds. The summed E-state index contributed by atoms with van der Waals surface area (Å²) in [6.07, 6.45) is 6.87. The highest BCUT2D eigenvalue weighted by molar-refractivity contribution is 5.41. The van der Waals surface area contributed by atoms with E-state index in [1.165, 1.54) is 6.33 Å². The van der Waals surface area contributed by atoms with Gasteiger partial charge < -0.3 is 4.74 Å². The van der Waals surface area contributed by atoms with Gasteiger partial charge in [-0.25, -0.2) is 9.97 Å². The molecule has 1 aromatic heterocycles. The van der Waals surface area contributed by atoms with Crippen LogP contribution in [0.1, 0.15) is 19.8 Å². The number of nitrogens with zero attached hydrogens (tertiary/aromatic N) is 4. The Labute approximate surface area is 112 Å². The van der Waals surface area contributed by atoms with Crippen LogP contribution in [-0.2, 0) is 0 Å². The SMILES string of the molecule is CCCCOc1ccc(N=Nc2cncnc2)cc1. The van der Waals surface area contributed by atoms with E-state index in [4.69, 9.17) is 4.74 Å². The predicted octanol–water partition coefficient (Wildman–Crippen LogP) is 4.07. The van der Waals surface area contributed by atoms with E-state index in [9.17, 15) is 0 Å². The third-order valence-corrected chi connectivity index (χ3v) is 2.43. The molecule has 1 heterocycles. The van der Waals surface area contributed by atoms with Crippen molar-refractivity contribution < 1.29 is 4.74 Å². The van der Waals surface area contributed by atoms with Crippen LogP contribution in [0.5, 0.6) is 5.75 Å². The molecule has 0 aliphatic heterocycles. The van der Waals surface area contributed by atoms with Gasteiger partial charge in [-0.1, -0.05) is 13.3 Å². The Balaban J connectivity index is 1.93. The molecule has 0 saturated heterocycles. The van der Waals surface area contributed by atoms with Crippen LogP contribution >= 0.6 is 0 Å². The fourth-order valence-electron chi connectivity index (χ4n) is 1.40. The van der Waals surface area contributed by atoms with E-state index < -0.39 is 0 Å². The molecule has 0 aliphatic carbocycles. The second kappa shape index (κ2) is 7.20. The number of azo groups is 1. The molecule has 19 heavy (non-hydrogen) atoms. The Morgan fingerprint density at radius 2 is 1.68 bits per heavy atom. The van der Waals surface area contributed by atoms with Crippen molar-refractivity contribution in [2.24, 2.45) is 10.2 Å². The van der Waals surface area contributed by atoms with Gasteiger partial charge in [0.1, 0.15) is 17.8 Å². The molecule has 98 valence electrons. The maximum absolute atomic E-state index is 5.57. The summed E-state index contributed by atoms with van der Waals surface area (Å²) in [7, 11) is 0. The summed E-state index contributed by atoms with van der Waals surface area (Å²) < 4.78 is 5.57. The molecule has 0 saturated carbocycles. The lowest BCUT2D eigenvalue weighted by atomic mass is 10.3. The molecule has 0 atom stereocenters. The summed E-state index contributed by atoms with van der Waals surface area (Å²) in [5, 5.41) is 8.14. The van der Waals surface area contributed by atoms with Crippen LogP contribution in [0.4, 0.5) is 11.4 Å². The third-order valence-electron chi connectivity index (χ3n) is 2.43. The van der Waals surface area contributed by atoms with E-state index in [1.807, 2.05) is 24.3 Å². The quantitative estimate of drug-likeness (QED) is 0.578. The van der Waals surface area contributed by atoms with Crippen molar-refractivity contribution in [3.63, 3.8) is 0 Å². The van der Waals surface area contributed by atoms with Crippen molar-refractivity contribution in [1.82, 2.24) is 9.97 Å². The van der Waals surface area contributed by atoms with E-state index in [0.717, 1.165) is 30.9 Å². The lowest BCUT2D eigenvalue weighted by Crippen LogP contribution is -1.95. The van der Waals surface area contributed by atoms with Gasteiger partial charge in [0.15, 0.2) is 0 Å². The van der Waals surface area contributed by atoms with Gasteiger partial charge in [-0.3, -0.25) is 0 Å². The molecule has 2 aromatic rings. The number of unbranched alkanes of at least 4 members (excludes halogenated alkanes) is 1. The first-order valence-electron chi connectivity index (χ1n) is 6.28. The Morgan fingerprint density at radius 1 is 1.00 bits per heavy atom. The topological polar surface area (TPSA) is 59.7 Å². The first-order valence-corrected chi connectivity index (χ1v) is 6.28. The maximum Gasteiger partial charge on any atom is 0.122 e. The first kappa shape index (κ1) is 13.1. The Hall–Kier alpha value is -2.30. The molecule has 2 rings (SSSR count). The van der Waals surface area contributed by atoms with Gasteiger partial charge in [0.2, 0.25) is 0 Å². The van der Waals surface area contributed by atoms with Crippen molar-refractivity contribution in [3.8, 4) is 5.75 Å². The van der Waals surface area contributed by atoms with Gasteiger partial charge in [-0.05, 0) is 30.7 Å². The number of benzene rings is 1. The Kier molecular flexibility index (Phi) is 4.98. The molecule has 0 fully saturated rings. The summed E-state index contributed by atoms with van der Waals surface area (Å²) in [6.45, 7) is 2.89. The smallest absolute Gasteiger partial charge is 0.122 e. The average molecular weight is 256 g/mol. The third kappa shape index (κ3) is 4.46. The highest BCUT2D eigenvalue weighted by atomic mass is 16.5. The molecule has 5 nitrogen and oxygen atoms in total. The molecule has 0 spiro atoms. The van der Waals surface area contributed by atoms with Crippen LogP contribution in [0, 0.1) is 0 Å². The Morgan fingerprint density at radius 3 is 2.37 bits per heavy atom. The zero-order valence-corrected chi connectivity index (χ0v) is 10.9. The molecular weight excluding hydrogens is 240 g/mol. The molecule has 1 aromatic carbocycles. The summed E-state index contributed by atoms with van der Waals surface area (Å²) in [4.78, 5) is 7.74. The molecular formula is C14H16N4O. The van der Waals surface area contributed by atoms with Crippen LogP contribution in [0.25, 0.3) is 0 Å². The van der Waals surface area contributed by atoms with Crippen molar-refractivity contribution in [1.29, 1.82) is 0 Å². The van der Waals surface area contributed by atoms with E-state index >= 15 is 0 Å². The van der Waals surface area contributed by atoms with Crippen LogP contribution < -0.4 is 4.74 Å². The first-order chi connectivity index (χ1) is 9.38. The number of aromatic nitrogens is 2. The summed E-state index contributed by atoms with van der Waals surface area (Å²) in [5.41, 5.74) is 1.40. The van der Waals surface area contributed by atoms with E-state index in [0.29, 0.717) is 5.69 Å². The van der Waals surface area contributed by atoms with E-state index in [-0.39, 0.29) is 0 Å². The second-order valence-corrected chi connectivity index (χ2v) is 3.99. The number of ether oxygens (including phenoxy) is 1. The van der Waals surface area contributed by atoms with Gasteiger partial charge in [-0.15, -0.1) is 5.11 Å². The molecule has 0 radical (unpaired) electrons. The van der Waals surface area contributed by atoms with Crippen molar-refractivity contribution >= 4 is 11.4 Å². The zero-order chi connectivity index (χ0) is 13.3. The van der Waals surface area contributed by atoms with Crippen LogP contribution in [-0.4, -0.2) is 16.6 Å². The molecule has 0 unspecified atom stereocenters. The largest absolute Gasteiger partial charge is 0.494 e. The van der Waals surface area contributed by atoms with Gasteiger partial charge >= 0.3 is 0 Å². The second-order valence-electron chi connectivity index (χ2n) is 3.99. The lowest BCUT2D eigenvalue weighted by Gasteiger charge is -2.04. The number of rotatable bonds is 6. The van der Waals surface area contributed by atoms with Gasteiger partial charge in [0.25, 0.3) is 0 Å². The Bertz CT molecular complexity index is 511. The van der Waals surface area contributed by atoms with Crippen molar-refractivity contribution in [3.05, 3.63) is 43.0 Å². The van der Waals surface area contributed by atoms with Gasteiger partial charge in [-0.2, -0.15) is 5.11 Å². The highest BCUT2D eigenvalue weighted by Gasteiger charge is 1.95. The standard InChI is InChI=1S/C14H16N4O/c1-2-3-8-19-14-6-4-12(5-7-14)17-18-13-9-15-11-16-10-13/h4-7,9-11H,2-3,8H2,1H3. The van der Waals surface area contributed by atoms with Gasteiger partial charge in [0.05, 0.1) is 24.7 Å². The van der Waals surface area contributed by atoms with Crippen LogP contribution in [0.3, 0.4) is 0 Å². The van der Waals surface area contributed by atoms with Gasteiger partial charge in [0, 0.05) is 0 Å². The predicted molar refractivity (Wildman–Crippen MR) is 73.1 cm³/mol. The summed E-state index contributed by atoms with van der Waals surface area (Å²) in [5.74, 6) is 0.857. The maximum atomic E-state index is 5.57. The normalized spacial score (nSPS) is 10.8. The number of hydrogen-bond donors (Lipinski definition) is 0. The molecule has 0 bridgehead atoms.